The smallest absolute Gasteiger partial charge is 0.400 e. The molecule has 6 heteroatoms. The number of halogens is 1. The van der Waals surface area contributed by atoms with E-state index in [4.69, 9.17) is 9.15 Å². The van der Waals surface area contributed by atoms with Crippen LogP contribution in [0.3, 0.4) is 0 Å². The number of benzene rings is 2. The number of nitrogens with zero attached hydrogens (tertiary/aromatic N) is 2. The van der Waals surface area contributed by atoms with E-state index < -0.39 is 0 Å². The highest BCUT2D eigenvalue weighted by Gasteiger charge is 2.11. The van der Waals surface area contributed by atoms with Crippen molar-refractivity contribution in [3.63, 3.8) is 0 Å². The average molecular weight is 411 g/mol. The van der Waals surface area contributed by atoms with Gasteiger partial charge < -0.3 is 13.7 Å². The zero-order valence-electron chi connectivity index (χ0n) is 13.8. The largest absolute Gasteiger partial charge is 0.409 e. The fraction of sp³-hybridized carbons (Fsp3) is 0.100. The summed E-state index contributed by atoms with van der Waals surface area (Å²) in [7, 11) is 0. The third kappa shape index (κ3) is 3.41. The maximum Gasteiger partial charge on any atom is 0.400 e. The molecule has 0 unspecified atom stereocenters. The lowest BCUT2D eigenvalue weighted by Crippen LogP contribution is -2.21. The number of oxazole rings is 1. The molecule has 2 aromatic carbocycles. The minimum absolute atomic E-state index is 0.0619. The number of hydrogen-bond donors (Lipinski definition) is 0. The van der Waals surface area contributed by atoms with Crippen molar-refractivity contribution in [2.24, 2.45) is 0 Å². The topological polar surface area (TPSA) is 57.3 Å². The third-order valence-corrected chi connectivity index (χ3v) is 4.81. The molecule has 26 heavy (non-hydrogen) atoms. The molecule has 4 rings (SSSR count). The number of aromatic nitrogens is 2. The Morgan fingerprint density at radius 1 is 1.04 bits per heavy atom. The Morgan fingerprint density at radius 3 is 2.69 bits per heavy atom. The number of pyridine rings is 1. The highest BCUT2D eigenvalue weighted by Crippen LogP contribution is 2.23. The van der Waals surface area contributed by atoms with Crippen molar-refractivity contribution >= 4 is 27.0 Å². The summed E-state index contributed by atoms with van der Waals surface area (Å²) in [5.74, 6) is 0.186. The lowest BCUT2D eigenvalue weighted by Gasteiger charge is -2.08. The minimum Gasteiger partial charge on any atom is -0.409 e. The van der Waals surface area contributed by atoms with Crippen molar-refractivity contribution in [2.75, 3.05) is 0 Å². The van der Waals surface area contributed by atoms with Crippen molar-refractivity contribution in [3.05, 3.63) is 87.3 Å². The molecule has 0 aliphatic rings. The molecule has 0 spiro atoms. The molecule has 0 bridgehead atoms. The van der Waals surface area contributed by atoms with Crippen molar-refractivity contribution < 1.29 is 9.15 Å². The monoisotopic (exact) mass is 410 g/mol. The lowest BCUT2D eigenvalue weighted by molar-refractivity contribution is 0.337. The van der Waals surface area contributed by atoms with Crippen LogP contribution >= 0.6 is 15.9 Å². The molecule has 0 saturated carbocycles. The predicted molar refractivity (Wildman–Crippen MR) is 103 cm³/mol. The summed E-state index contributed by atoms with van der Waals surface area (Å²) in [6.07, 6.45) is 2.54. The van der Waals surface area contributed by atoms with Gasteiger partial charge in [-0.15, -0.1) is 0 Å². The molecular formula is C20H15BrN2O3. The van der Waals surface area contributed by atoms with Gasteiger partial charge in [0.05, 0.1) is 0 Å². The van der Waals surface area contributed by atoms with Crippen molar-refractivity contribution in [1.82, 2.24) is 9.55 Å². The second kappa shape index (κ2) is 7.17. The zero-order chi connectivity index (χ0) is 17.9. The number of hydrogen-bond acceptors (Lipinski definition) is 4. The van der Waals surface area contributed by atoms with Crippen LogP contribution in [0.15, 0.2) is 80.5 Å². The number of rotatable bonds is 5. The molecule has 0 N–H and O–H groups in total. The Morgan fingerprint density at radius 2 is 1.85 bits per heavy atom. The van der Waals surface area contributed by atoms with Crippen LogP contribution < -0.4 is 10.3 Å². The number of para-hydroxylation sites is 2. The third-order valence-electron chi connectivity index (χ3n) is 4.04. The van der Waals surface area contributed by atoms with Gasteiger partial charge in [-0.05, 0) is 42.3 Å². The van der Waals surface area contributed by atoms with E-state index in [1.165, 1.54) is 0 Å². The summed E-state index contributed by atoms with van der Waals surface area (Å²) in [5, 5.41) is 0. The molecular weight excluding hydrogens is 396 g/mol. The van der Waals surface area contributed by atoms with E-state index in [1.807, 2.05) is 42.5 Å². The van der Waals surface area contributed by atoms with Gasteiger partial charge in [-0.25, -0.2) is 0 Å². The van der Waals surface area contributed by atoms with Gasteiger partial charge in [-0.1, -0.05) is 46.3 Å². The van der Waals surface area contributed by atoms with Gasteiger partial charge in [0.1, 0.15) is 5.52 Å². The molecule has 0 aliphatic carbocycles. The van der Waals surface area contributed by atoms with E-state index in [9.17, 15) is 4.79 Å². The highest BCUT2D eigenvalue weighted by molar-refractivity contribution is 9.10. The standard InChI is InChI=1S/C20H15BrN2O3/c21-15-7-2-1-6-14(15)11-13-23-12-5-10-18(19(23)24)26-20-22-16-8-3-4-9-17(16)25-20/h1-10,12H,11,13H2. The van der Waals surface area contributed by atoms with Gasteiger partial charge in [0.25, 0.3) is 5.56 Å². The Labute approximate surface area is 158 Å². The molecule has 0 atom stereocenters. The highest BCUT2D eigenvalue weighted by atomic mass is 79.9. The molecule has 2 heterocycles. The fourth-order valence-electron chi connectivity index (χ4n) is 2.70. The Kier molecular flexibility index (Phi) is 4.58. The first-order valence-corrected chi connectivity index (χ1v) is 8.96. The minimum atomic E-state index is -0.221. The number of fused-ring (bicyclic) bond motifs is 1. The van der Waals surface area contributed by atoms with Crippen LogP contribution in [0.2, 0.25) is 0 Å². The van der Waals surface area contributed by atoms with Gasteiger partial charge in [0.15, 0.2) is 11.3 Å². The molecule has 130 valence electrons. The van der Waals surface area contributed by atoms with Gasteiger partial charge >= 0.3 is 6.08 Å². The summed E-state index contributed by atoms with van der Waals surface area (Å²) in [6.45, 7) is 0.548. The van der Waals surface area contributed by atoms with Crippen LogP contribution in [0.4, 0.5) is 0 Å². The van der Waals surface area contributed by atoms with Gasteiger partial charge in [-0.2, -0.15) is 4.98 Å². The van der Waals surface area contributed by atoms with Crippen LogP contribution in [0.1, 0.15) is 5.56 Å². The van der Waals surface area contributed by atoms with E-state index in [1.54, 1.807) is 29.0 Å². The molecule has 0 radical (unpaired) electrons. The first-order valence-electron chi connectivity index (χ1n) is 8.17. The Bertz CT molecular complexity index is 1080. The Balaban J connectivity index is 1.55. The van der Waals surface area contributed by atoms with Crippen molar-refractivity contribution in [3.8, 4) is 11.8 Å². The first-order chi connectivity index (χ1) is 12.7. The molecule has 0 amide bonds. The van der Waals surface area contributed by atoms with Crippen molar-refractivity contribution in [2.45, 2.75) is 13.0 Å². The predicted octanol–water partition coefficient (Wildman–Crippen LogP) is 4.79. The summed E-state index contributed by atoms with van der Waals surface area (Å²) < 4.78 is 13.8. The van der Waals surface area contributed by atoms with Gasteiger partial charge in [-0.3, -0.25) is 4.79 Å². The lowest BCUT2D eigenvalue weighted by atomic mass is 10.1. The van der Waals surface area contributed by atoms with E-state index in [-0.39, 0.29) is 17.4 Å². The fourth-order valence-corrected chi connectivity index (χ4v) is 3.18. The van der Waals surface area contributed by atoms with Crippen LogP contribution in [0.25, 0.3) is 11.1 Å². The SMILES string of the molecule is O=c1c(Oc2nc3ccccc3o2)cccn1CCc1ccccc1Br. The van der Waals surface area contributed by atoms with Crippen LogP contribution in [0.5, 0.6) is 11.8 Å². The summed E-state index contributed by atoms with van der Waals surface area (Å²) in [6, 6.07) is 18.7. The normalized spacial score (nSPS) is 11.0. The second-order valence-electron chi connectivity index (χ2n) is 5.76. The molecule has 0 aliphatic heterocycles. The average Bonchev–Trinajstić information content (AvgIpc) is 3.06. The molecule has 2 aromatic heterocycles. The van der Waals surface area contributed by atoms with Gasteiger partial charge in [0.2, 0.25) is 0 Å². The summed E-state index contributed by atoms with van der Waals surface area (Å²) >= 11 is 3.53. The maximum atomic E-state index is 12.7. The quantitative estimate of drug-likeness (QED) is 0.474. The molecule has 0 fully saturated rings. The van der Waals surface area contributed by atoms with E-state index in [0.29, 0.717) is 17.6 Å². The van der Waals surface area contributed by atoms with E-state index in [2.05, 4.69) is 20.9 Å². The summed E-state index contributed by atoms with van der Waals surface area (Å²) in [4.78, 5) is 16.9. The first kappa shape index (κ1) is 16.6. The van der Waals surface area contributed by atoms with Crippen molar-refractivity contribution in [1.29, 1.82) is 0 Å². The Hall–Kier alpha value is -2.86. The maximum absolute atomic E-state index is 12.7. The van der Waals surface area contributed by atoms with Gasteiger partial charge in [0, 0.05) is 17.2 Å². The molecule has 4 aromatic rings. The van der Waals surface area contributed by atoms with E-state index in [0.717, 1.165) is 16.5 Å². The van der Waals surface area contributed by atoms with Crippen LogP contribution in [-0.2, 0) is 13.0 Å². The second-order valence-corrected chi connectivity index (χ2v) is 6.62. The number of ether oxygens (including phenoxy) is 1. The van der Waals surface area contributed by atoms with E-state index >= 15 is 0 Å². The number of aryl methyl sites for hydroxylation is 2. The zero-order valence-corrected chi connectivity index (χ0v) is 15.3. The molecule has 0 saturated heterocycles. The molecule has 5 nitrogen and oxygen atoms in total. The van der Waals surface area contributed by atoms with Crippen LogP contribution in [0, 0.1) is 0 Å². The van der Waals surface area contributed by atoms with Crippen LogP contribution in [-0.4, -0.2) is 9.55 Å². The summed E-state index contributed by atoms with van der Waals surface area (Å²) in [5.41, 5.74) is 2.23.